The summed E-state index contributed by atoms with van der Waals surface area (Å²) in [7, 11) is 1.43. The highest BCUT2D eigenvalue weighted by Gasteiger charge is 2.66. The van der Waals surface area contributed by atoms with E-state index in [2.05, 4.69) is 20.8 Å². The van der Waals surface area contributed by atoms with Crippen molar-refractivity contribution in [3.05, 3.63) is 11.8 Å². The summed E-state index contributed by atoms with van der Waals surface area (Å²) in [5.74, 6) is 3.53. The van der Waals surface area contributed by atoms with Gasteiger partial charge >= 0.3 is 5.97 Å². The Morgan fingerprint density at radius 3 is 2.57 bits per heavy atom. The van der Waals surface area contributed by atoms with E-state index in [1.807, 2.05) is 0 Å². The quantitative estimate of drug-likeness (QED) is 0.607. The van der Waals surface area contributed by atoms with Gasteiger partial charge in [-0.05, 0) is 86.4 Å². The SMILES string of the molecule is COC(=O)CCC(C)C1CCC2[C]3C(O)C[C]4CC(O)CCC4(C)C3CC(O)C21C. The van der Waals surface area contributed by atoms with Gasteiger partial charge in [-0.25, -0.2) is 0 Å². The number of aliphatic hydroxyl groups excluding tert-OH is 3. The van der Waals surface area contributed by atoms with E-state index in [0.29, 0.717) is 37.5 Å². The van der Waals surface area contributed by atoms with E-state index < -0.39 is 12.2 Å². The molecule has 9 atom stereocenters. The molecule has 5 heteroatoms. The minimum atomic E-state index is -0.454. The Kier molecular flexibility index (Phi) is 6.04. The molecule has 30 heavy (non-hydrogen) atoms. The largest absolute Gasteiger partial charge is 0.469 e. The van der Waals surface area contributed by atoms with Gasteiger partial charge in [0, 0.05) is 17.8 Å². The average molecular weight is 421 g/mol. The third-order valence-corrected chi connectivity index (χ3v) is 9.90. The number of hydrogen-bond acceptors (Lipinski definition) is 5. The minimum Gasteiger partial charge on any atom is -0.469 e. The second kappa shape index (κ2) is 8.04. The van der Waals surface area contributed by atoms with Crippen LogP contribution in [-0.4, -0.2) is 46.7 Å². The van der Waals surface area contributed by atoms with Crippen LogP contribution in [0.5, 0.6) is 0 Å². The molecule has 0 spiro atoms. The molecule has 170 valence electrons. The number of rotatable bonds is 4. The topological polar surface area (TPSA) is 87.0 Å². The minimum absolute atomic E-state index is 0.00924. The van der Waals surface area contributed by atoms with Crippen LogP contribution < -0.4 is 0 Å². The van der Waals surface area contributed by atoms with E-state index in [-0.39, 0.29) is 34.7 Å². The molecule has 0 bridgehead atoms. The summed E-state index contributed by atoms with van der Waals surface area (Å²) in [6.45, 7) is 6.75. The zero-order valence-corrected chi connectivity index (χ0v) is 19.1. The van der Waals surface area contributed by atoms with E-state index >= 15 is 0 Å². The first-order valence-electron chi connectivity index (χ1n) is 12.0. The van der Waals surface area contributed by atoms with Gasteiger partial charge in [0.25, 0.3) is 0 Å². The lowest BCUT2D eigenvalue weighted by atomic mass is 9.43. The van der Waals surface area contributed by atoms with Crippen LogP contribution in [0.15, 0.2) is 0 Å². The maximum atomic E-state index is 11.7. The molecule has 9 unspecified atom stereocenters. The zero-order valence-electron chi connectivity index (χ0n) is 19.1. The van der Waals surface area contributed by atoms with Gasteiger partial charge < -0.3 is 20.1 Å². The van der Waals surface area contributed by atoms with Crippen LogP contribution in [0.3, 0.4) is 0 Å². The molecule has 0 saturated heterocycles. The van der Waals surface area contributed by atoms with Crippen LogP contribution in [0.25, 0.3) is 0 Å². The summed E-state index contributed by atoms with van der Waals surface area (Å²) in [6, 6.07) is 0. The molecule has 4 saturated carbocycles. The number of ether oxygens (including phenoxy) is 1. The summed E-state index contributed by atoms with van der Waals surface area (Å²) >= 11 is 0. The molecule has 4 rings (SSSR count). The summed E-state index contributed by atoms with van der Waals surface area (Å²) in [5, 5.41) is 33.0. The molecular formula is C25H40O5. The smallest absolute Gasteiger partial charge is 0.305 e. The molecule has 0 aromatic heterocycles. The van der Waals surface area contributed by atoms with Gasteiger partial charge in [-0.2, -0.15) is 0 Å². The van der Waals surface area contributed by atoms with Crippen molar-refractivity contribution < 1.29 is 24.9 Å². The van der Waals surface area contributed by atoms with Crippen molar-refractivity contribution in [2.24, 2.45) is 34.5 Å². The molecule has 4 fully saturated rings. The van der Waals surface area contributed by atoms with Crippen LogP contribution >= 0.6 is 0 Å². The third-order valence-electron chi connectivity index (χ3n) is 9.90. The highest BCUT2D eigenvalue weighted by Crippen LogP contribution is 2.69. The maximum absolute atomic E-state index is 11.7. The Morgan fingerprint density at radius 1 is 1.13 bits per heavy atom. The van der Waals surface area contributed by atoms with Gasteiger partial charge in [0.1, 0.15) is 0 Å². The number of aliphatic hydroxyl groups is 3. The molecule has 0 aliphatic heterocycles. The van der Waals surface area contributed by atoms with Crippen molar-refractivity contribution in [3.8, 4) is 0 Å². The van der Waals surface area contributed by atoms with Gasteiger partial charge in [0.05, 0.1) is 25.4 Å². The highest BCUT2D eigenvalue weighted by molar-refractivity contribution is 5.69. The van der Waals surface area contributed by atoms with Crippen LogP contribution in [0.1, 0.15) is 78.6 Å². The fourth-order valence-corrected chi connectivity index (χ4v) is 8.08. The molecular weight excluding hydrogens is 380 g/mol. The van der Waals surface area contributed by atoms with Gasteiger partial charge in [-0.3, -0.25) is 4.79 Å². The third kappa shape index (κ3) is 3.34. The molecule has 2 radical (unpaired) electrons. The number of carbonyl (C=O) groups is 1. The number of hydrogen-bond donors (Lipinski definition) is 3. The van der Waals surface area contributed by atoms with Crippen molar-refractivity contribution >= 4 is 5.97 Å². The Balaban J connectivity index is 1.58. The Labute approximate surface area is 181 Å². The van der Waals surface area contributed by atoms with Crippen molar-refractivity contribution in [2.45, 2.75) is 96.9 Å². The van der Waals surface area contributed by atoms with Crippen LogP contribution in [0.4, 0.5) is 0 Å². The Hall–Kier alpha value is -0.650. The maximum Gasteiger partial charge on any atom is 0.305 e. The van der Waals surface area contributed by atoms with Crippen molar-refractivity contribution in [1.29, 1.82) is 0 Å². The van der Waals surface area contributed by atoms with Gasteiger partial charge in [-0.1, -0.05) is 20.8 Å². The molecule has 4 aliphatic rings. The van der Waals surface area contributed by atoms with Crippen molar-refractivity contribution in [2.75, 3.05) is 7.11 Å². The second-order valence-electron chi connectivity index (χ2n) is 11.1. The van der Waals surface area contributed by atoms with Crippen molar-refractivity contribution in [1.82, 2.24) is 0 Å². The lowest BCUT2D eigenvalue weighted by Gasteiger charge is -2.63. The number of fused-ring (bicyclic) bond motifs is 5. The first kappa shape index (κ1) is 22.5. The molecule has 0 heterocycles. The predicted molar refractivity (Wildman–Crippen MR) is 114 cm³/mol. The lowest BCUT2D eigenvalue weighted by Crippen LogP contribution is -2.61. The predicted octanol–water partition coefficient (Wildman–Crippen LogP) is 3.45. The standard InChI is InChI=1S/C25H40O5/c1-14(5-8-22(29)30-4)17-6-7-18-23-19(13-21(28)25(17,18)3)24(2)10-9-16(26)11-15(24)12-20(23)27/h14,16-21,26-28H,5-13H2,1-4H3. The van der Waals surface area contributed by atoms with Gasteiger partial charge in [-0.15, -0.1) is 0 Å². The summed E-state index contributed by atoms with van der Waals surface area (Å²) in [5.41, 5.74) is -0.255. The molecule has 0 aromatic carbocycles. The van der Waals surface area contributed by atoms with Crippen molar-refractivity contribution in [3.63, 3.8) is 0 Å². The fourth-order valence-electron chi connectivity index (χ4n) is 8.08. The number of esters is 1. The van der Waals surface area contributed by atoms with E-state index in [1.165, 1.54) is 18.9 Å². The summed E-state index contributed by atoms with van der Waals surface area (Å²) in [6.07, 6.45) is 5.93. The highest BCUT2D eigenvalue weighted by atomic mass is 16.5. The summed E-state index contributed by atoms with van der Waals surface area (Å²) < 4.78 is 4.82. The normalized spacial score (nSPS) is 47.8. The van der Waals surface area contributed by atoms with Crippen LogP contribution in [0.2, 0.25) is 0 Å². The first-order valence-corrected chi connectivity index (χ1v) is 12.0. The van der Waals surface area contributed by atoms with E-state index in [9.17, 15) is 20.1 Å². The number of carbonyl (C=O) groups excluding carboxylic acids is 1. The fraction of sp³-hybridized carbons (Fsp3) is 0.880. The lowest BCUT2D eigenvalue weighted by molar-refractivity contribution is -0.141. The number of methoxy groups -OCH3 is 1. The van der Waals surface area contributed by atoms with E-state index in [0.717, 1.165) is 32.1 Å². The molecule has 0 amide bonds. The van der Waals surface area contributed by atoms with Crippen LogP contribution in [-0.2, 0) is 9.53 Å². The van der Waals surface area contributed by atoms with Crippen LogP contribution in [0, 0.1) is 46.3 Å². The first-order chi connectivity index (χ1) is 14.1. The summed E-state index contributed by atoms with van der Waals surface area (Å²) in [4.78, 5) is 11.7. The van der Waals surface area contributed by atoms with Gasteiger partial charge in [0.2, 0.25) is 0 Å². The van der Waals surface area contributed by atoms with Gasteiger partial charge in [0.15, 0.2) is 0 Å². The second-order valence-corrected chi connectivity index (χ2v) is 11.1. The molecule has 3 N–H and O–H groups in total. The molecule has 0 aromatic rings. The van der Waals surface area contributed by atoms with E-state index in [1.54, 1.807) is 0 Å². The monoisotopic (exact) mass is 420 g/mol. The zero-order chi connectivity index (χ0) is 21.8. The Bertz CT molecular complexity index is 651. The molecule has 5 nitrogen and oxygen atoms in total. The molecule has 4 aliphatic carbocycles. The van der Waals surface area contributed by atoms with E-state index in [4.69, 9.17) is 4.74 Å². The average Bonchev–Trinajstić information content (AvgIpc) is 3.06. The Morgan fingerprint density at radius 2 is 1.87 bits per heavy atom.